The molecule has 29 heavy (non-hydrogen) atoms. The van der Waals surface area contributed by atoms with E-state index in [9.17, 15) is 4.79 Å². The molecule has 156 valence electrons. The van der Waals surface area contributed by atoms with Gasteiger partial charge in [-0.1, -0.05) is 36.1 Å². The van der Waals surface area contributed by atoms with E-state index >= 15 is 0 Å². The average Bonchev–Trinajstić information content (AvgIpc) is 3.24. The molecule has 1 aliphatic heterocycles. The molecule has 1 aromatic heterocycles. The molecule has 8 nitrogen and oxygen atoms in total. The Hall–Kier alpha value is -2.71. The number of carbonyl (C=O) groups excluding carboxylic acids is 1. The van der Waals surface area contributed by atoms with Gasteiger partial charge in [-0.2, -0.15) is 0 Å². The lowest BCUT2D eigenvalue weighted by molar-refractivity contribution is 0.0946. The van der Waals surface area contributed by atoms with E-state index in [0.717, 1.165) is 43.8 Å². The largest absolute Gasteiger partial charge is 0.489 e. The Morgan fingerprint density at radius 3 is 3.10 bits per heavy atom. The van der Waals surface area contributed by atoms with Crippen LogP contribution in [0.4, 0.5) is 0 Å². The minimum absolute atomic E-state index is 0.0483. The van der Waals surface area contributed by atoms with E-state index in [2.05, 4.69) is 33.2 Å². The van der Waals surface area contributed by atoms with Crippen LogP contribution in [-0.2, 0) is 6.54 Å². The number of aliphatic hydroxyl groups is 1. The Morgan fingerprint density at radius 2 is 2.28 bits per heavy atom. The SMILES string of the molecule is C=CCOc1ccccc1CN1CCC[C@@H](n2cc(C(=O)NCCCO)nn2)C1. The van der Waals surface area contributed by atoms with Crippen LogP contribution in [0.2, 0.25) is 0 Å². The molecule has 8 heteroatoms. The Bertz CT molecular complexity index is 807. The molecule has 0 unspecified atom stereocenters. The summed E-state index contributed by atoms with van der Waals surface area (Å²) in [6.07, 6.45) is 6.03. The minimum atomic E-state index is -0.259. The molecule has 1 amide bonds. The van der Waals surface area contributed by atoms with Crippen molar-refractivity contribution in [1.82, 2.24) is 25.2 Å². The number of amides is 1. The molecule has 1 aromatic carbocycles. The number of benzene rings is 1. The Labute approximate surface area is 171 Å². The Balaban J connectivity index is 1.60. The summed E-state index contributed by atoms with van der Waals surface area (Å²) in [5.41, 5.74) is 1.46. The van der Waals surface area contributed by atoms with Crippen molar-refractivity contribution >= 4 is 5.91 Å². The van der Waals surface area contributed by atoms with Crippen molar-refractivity contribution in [2.75, 3.05) is 32.8 Å². The maximum absolute atomic E-state index is 12.1. The number of nitrogens with zero attached hydrogens (tertiary/aromatic N) is 4. The van der Waals surface area contributed by atoms with Gasteiger partial charge in [0.15, 0.2) is 5.69 Å². The Kier molecular flexibility index (Phi) is 7.77. The van der Waals surface area contributed by atoms with Gasteiger partial charge in [0.05, 0.1) is 12.2 Å². The summed E-state index contributed by atoms with van der Waals surface area (Å²) in [6.45, 7) is 7.31. The van der Waals surface area contributed by atoms with Gasteiger partial charge in [0.1, 0.15) is 12.4 Å². The highest BCUT2D eigenvalue weighted by Crippen LogP contribution is 2.25. The summed E-state index contributed by atoms with van der Waals surface area (Å²) >= 11 is 0. The number of hydrogen-bond donors (Lipinski definition) is 2. The van der Waals surface area contributed by atoms with E-state index < -0.39 is 0 Å². The third-order valence-corrected chi connectivity index (χ3v) is 4.94. The first kappa shape index (κ1) is 21.0. The molecule has 0 saturated carbocycles. The topological polar surface area (TPSA) is 92.5 Å². The molecule has 1 fully saturated rings. The number of para-hydroxylation sites is 1. The van der Waals surface area contributed by atoms with Crippen molar-refractivity contribution in [2.45, 2.75) is 31.8 Å². The first-order valence-corrected chi connectivity index (χ1v) is 10.1. The van der Waals surface area contributed by atoms with Crippen LogP contribution >= 0.6 is 0 Å². The fraction of sp³-hybridized carbons (Fsp3) is 0.476. The lowest BCUT2D eigenvalue weighted by Gasteiger charge is -2.32. The van der Waals surface area contributed by atoms with Crippen LogP contribution in [-0.4, -0.2) is 63.8 Å². The van der Waals surface area contributed by atoms with Crippen LogP contribution in [0.25, 0.3) is 0 Å². The number of rotatable bonds is 10. The highest BCUT2D eigenvalue weighted by atomic mass is 16.5. The molecular formula is C21H29N5O3. The molecule has 0 bridgehead atoms. The summed E-state index contributed by atoms with van der Waals surface area (Å²) < 4.78 is 7.58. The quantitative estimate of drug-likeness (QED) is 0.467. The Morgan fingerprint density at radius 1 is 1.41 bits per heavy atom. The zero-order chi connectivity index (χ0) is 20.5. The van der Waals surface area contributed by atoms with Crippen molar-refractivity contribution < 1.29 is 14.6 Å². The van der Waals surface area contributed by atoms with E-state index in [4.69, 9.17) is 9.84 Å². The van der Waals surface area contributed by atoms with Crippen LogP contribution < -0.4 is 10.1 Å². The highest BCUT2D eigenvalue weighted by molar-refractivity contribution is 5.91. The van der Waals surface area contributed by atoms with Gasteiger partial charge in [0.2, 0.25) is 0 Å². The second kappa shape index (κ2) is 10.7. The summed E-state index contributed by atoms with van der Waals surface area (Å²) in [4.78, 5) is 14.5. The van der Waals surface area contributed by atoms with E-state index in [-0.39, 0.29) is 18.6 Å². The van der Waals surface area contributed by atoms with Crippen molar-refractivity contribution in [3.8, 4) is 5.75 Å². The monoisotopic (exact) mass is 399 g/mol. The van der Waals surface area contributed by atoms with Gasteiger partial charge in [-0.05, 0) is 31.9 Å². The predicted molar refractivity (Wildman–Crippen MR) is 110 cm³/mol. The lowest BCUT2D eigenvalue weighted by atomic mass is 10.0. The standard InChI is InChI=1S/C21H29N5O3/c1-2-13-29-20-9-4-3-7-17(20)14-25-11-5-8-18(15-25)26-16-19(23-24-26)21(28)22-10-6-12-27/h2-4,7,9,16,18,27H,1,5-6,8,10-15H2,(H,22,28)/t18-/m1/s1. The predicted octanol–water partition coefficient (Wildman–Crippen LogP) is 1.79. The third kappa shape index (κ3) is 5.88. The van der Waals surface area contributed by atoms with E-state index in [0.29, 0.717) is 25.3 Å². The number of likely N-dealkylation sites (tertiary alicyclic amines) is 1. The third-order valence-electron chi connectivity index (χ3n) is 4.94. The number of carbonyl (C=O) groups is 1. The van der Waals surface area contributed by atoms with Gasteiger partial charge in [-0.25, -0.2) is 4.68 Å². The van der Waals surface area contributed by atoms with Gasteiger partial charge in [0, 0.05) is 31.8 Å². The number of aromatic nitrogens is 3. The summed E-state index contributed by atoms with van der Waals surface area (Å²) in [5, 5.41) is 19.7. The molecule has 2 aromatic rings. The van der Waals surface area contributed by atoms with E-state index in [1.54, 1.807) is 17.0 Å². The average molecular weight is 399 g/mol. The second-order valence-electron chi connectivity index (χ2n) is 7.16. The second-order valence-corrected chi connectivity index (χ2v) is 7.16. The van der Waals surface area contributed by atoms with Crippen LogP contribution in [0.3, 0.4) is 0 Å². The summed E-state index contributed by atoms with van der Waals surface area (Å²) in [6, 6.07) is 8.25. The smallest absolute Gasteiger partial charge is 0.273 e. The van der Waals surface area contributed by atoms with Crippen molar-refractivity contribution in [1.29, 1.82) is 0 Å². The summed E-state index contributed by atoms with van der Waals surface area (Å²) in [5.74, 6) is 0.628. The molecule has 0 aliphatic carbocycles. The molecule has 0 spiro atoms. The number of ether oxygens (including phenoxy) is 1. The number of nitrogens with one attached hydrogen (secondary N) is 1. The van der Waals surface area contributed by atoms with Crippen molar-refractivity contribution in [2.24, 2.45) is 0 Å². The summed E-state index contributed by atoms with van der Waals surface area (Å²) in [7, 11) is 0. The molecule has 1 aliphatic rings. The van der Waals surface area contributed by atoms with Crippen molar-refractivity contribution in [3.05, 3.63) is 54.4 Å². The van der Waals surface area contributed by atoms with Crippen molar-refractivity contribution in [3.63, 3.8) is 0 Å². The highest BCUT2D eigenvalue weighted by Gasteiger charge is 2.24. The van der Waals surface area contributed by atoms with Crippen LogP contribution in [0.1, 0.15) is 41.4 Å². The molecule has 3 rings (SSSR count). The van der Waals surface area contributed by atoms with Crippen LogP contribution in [0.5, 0.6) is 5.75 Å². The fourth-order valence-corrected chi connectivity index (χ4v) is 3.49. The minimum Gasteiger partial charge on any atom is -0.489 e. The van der Waals surface area contributed by atoms with E-state index in [1.165, 1.54) is 0 Å². The van der Waals surface area contributed by atoms with Gasteiger partial charge in [0.25, 0.3) is 5.91 Å². The zero-order valence-electron chi connectivity index (χ0n) is 16.7. The van der Waals surface area contributed by atoms with Gasteiger partial charge in [-0.3, -0.25) is 9.69 Å². The molecular weight excluding hydrogens is 370 g/mol. The van der Waals surface area contributed by atoms with Crippen LogP contribution in [0, 0.1) is 0 Å². The molecule has 0 radical (unpaired) electrons. The first-order chi connectivity index (χ1) is 14.2. The van der Waals surface area contributed by atoms with Crippen LogP contribution in [0.15, 0.2) is 43.1 Å². The number of aliphatic hydroxyl groups excluding tert-OH is 1. The maximum atomic E-state index is 12.1. The normalized spacial score (nSPS) is 17.1. The first-order valence-electron chi connectivity index (χ1n) is 10.1. The number of hydrogen-bond acceptors (Lipinski definition) is 6. The number of piperidine rings is 1. The lowest BCUT2D eigenvalue weighted by Crippen LogP contribution is -2.36. The molecule has 1 atom stereocenters. The zero-order valence-corrected chi connectivity index (χ0v) is 16.7. The van der Waals surface area contributed by atoms with Gasteiger partial charge in [-0.15, -0.1) is 5.10 Å². The molecule has 2 heterocycles. The van der Waals surface area contributed by atoms with E-state index in [1.807, 2.05) is 18.2 Å². The van der Waals surface area contributed by atoms with Gasteiger partial charge < -0.3 is 15.2 Å². The molecule has 1 saturated heterocycles. The fourth-order valence-electron chi connectivity index (χ4n) is 3.49. The molecule has 2 N–H and O–H groups in total. The maximum Gasteiger partial charge on any atom is 0.273 e. The van der Waals surface area contributed by atoms with Gasteiger partial charge >= 0.3 is 0 Å².